The highest BCUT2D eigenvalue weighted by molar-refractivity contribution is 7.92. The molecule has 19 heavy (non-hydrogen) atoms. The second-order valence-electron chi connectivity index (χ2n) is 3.43. The molecule has 0 radical (unpaired) electrons. The van der Waals surface area contributed by atoms with Crippen LogP contribution in [-0.4, -0.2) is 24.5 Å². The molecule has 0 aliphatic heterocycles. The van der Waals surface area contributed by atoms with Crippen molar-refractivity contribution in [1.29, 1.82) is 0 Å². The molecule has 0 unspecified atom stereocenters. The molecule has 1 aromatic heterocycles. The molecule has 1 aromatic carbocycles. The number of benzene rings is 1. The summed E-state index contributed by atoms with van der Waals surface area (Å²) >= 11 is 0.559. The van der Waals surface area contributed by atoms with E-state index in [4.69, 9.17) is 5.11 Å². The largest absolute Gasteiger partial charge is 0.478 e. The Morgan fingerprint density at radius 2 is 2.16 bits per heavy atom. The van der Waals surface area contributed by atoms with Gasteiger partial charge in [0.15, 0.2) is 5.03 Å². The topological polar surface area (TPSA) is 96.4 Å². The highest BCUT2D eigenvalue weighted by Crippen LogP contribution is 2.18. The van der Waals surface area contributed by atoms with Crippen LogP contribution in [0.3, 0.4) is 0 Å². The monoisotopic (exact) mass is 302 g/mol. The van der Waals surface area contributed by atoms with Crippen LogP contribution in [0.4, 0.5) is 10.1 Å². The van der Waals surface area contributed by atoms with Gasteiger partial charge in [-0.2, -0.15) is 17.8 Å². The lowest BCUT2D eigenvalue weighted by molar-refractivity contribution is 0.0697. The van der Waals surface area contributed by atoms with Crippen molar-refractivity contribution < 1.29 is 22.7 Å². The van der Waals surface area contributed by atoms with E-state index in [1.54, 1.807) is 0 Å². The summed E-state index contributed by atoms with van der Waals surface area (Å²) in [6.45, 7) is 0. The first-order chi connectivity index (χ1) is 8.88. The van der Waals surface area contributed by atoms with Crippen LogP contribution in [0.5, 0.6) is 0 Å². The second kappa shape index (κ2) is 4.94. The van der Waals surface area contributed by atoms with Gasteiger partial charge >= 0.3 is 5.97 Å². The zero-order chi connectivity index (χ0) is 14.0. The molecule has 0 aliphatic carbocycles. The Balaban J connectivity index is 2.30. The van der Waals surface area contributed by atoms with E-state index in [0.29, 0.717) is 11.3 Å². The minimum Gasteiger partial charge on any atom is -0.478 e. The maximum absolute atomic E-state index is 12.7. The Morgan fingerprint density at radius 1 is 1.42 bits per heavy atom. The zero-order valence-electron chi connectivity index (χ0n) is 9.20. The fraction of sp³-hybridized carbons (Fsp3) is 0. The van der Waals surface area contributed by atoms with Crippen LogP contribution >= 0.6 is 11.3 Å². The van der Waals surface area contributed by atoms with Gasteiger partial charge in [-0.05, 0) is 18.2 Å². The van der Waals surface area contributed by atoms with Crippen molar-refractivity contribution in [3.8, 4) is 0 Å². The van der Waals surface area contributed by atoms with Crippen LogP contribution in [0.2, 0.25) is 0 Å². The van der Waals surface area contributed by atoms with E-state index in [2.05, 4.69) is 9.71 Å². The second-order valence-corrected chi connectivity index (χ2v) is 5.87. The average molecular weight is 302 g/mol. The summed E-state index contributed by atoms with van der Waals surface area (Å²) in [5.41, 5.74) is -0.00188. The van der Waals surface area contributed by atoms with Crippen LogP contribution in [0.1, 0.15) is 10.4 Å². The number of hydrogen-bond acceptors (Lipinski definition) is 5. The maximum atomic E-state index is 12.7. The van der Waals surface area contributed by atoms with Crippen molar-refractivity contribution >= 4 is 33.0 Å². The first kappa shape index (κ1) is 13.4. The summed E-state index contributed by atoms with van der Waals surface area (Å²) in [7, 11) is -4.02. The van der Waals surface area contributed by atoms with Gasteiger partial charge in [-0.15, -0.1) is 0 Å². The molecule has 6 nitrogen and oxygen atoms in total. The van der Waals surface area contributed by atoms with Gasteiger partial charge in [0.2, 0.25) is 0 Å². The smallest absolute Gasteiger partial charge is 0.335 e. The number of thiazole rings is 1. The number of nitrogens with one attached hydrogen (secondary N) is 1. The van der Waals surface area contributed by atoms with Crippen LogP contribution in [0, 0.1) is 5.26 Å². The molecule has 0 atom stereocenters. The first-order valence-electron chi connectivity index (χ1n) is 4.86. The van der Waals surface area contributed by atoms with E-state index in [-0.39, 0.29) is 11.3 Å². The zero-order valence-corrected chi connectivity index (χ0v) is 10.8. The fourth-order valence-corrected chi connectivity index (χ4v) is 3.14. The van der Waals surface area contributed by atoms with E-state index >= 15 is 0 Å². The van der Waals surface area contributed by atoms with Gasteiger partial charge in [-0.3, -0.25) is 4.72 Å². The van der Waals surface area contributed by atoms with Gasteiger partial charge in [0.1, 0.15) is 0 Å². The Morgan fingerprint density at radius 3 is 2.74 bits per heavy atom. The van der Waals surface area contributed by atoms with Crippen molar-refractivity contribution in [2.45, 2.75) is 5.03 Å². The molecule has 100 valence electrons. The minimum atomic E-state index is -4.02. The summed E-state index contributed by atoms with van der Waals surface area (Å²) in [5.74, 6) is -1.18. The summed E-state index contributed by atoms with van der Waals surface area (Å²) in [5, 5.41) is 8.53. The molecule has 0 aliphatic rings. The molecule has 9 heteroatoms. The molecular formula is C10H7FN2O4S2. The summed E-state index contributed by atoms with van der Waals surface area (Å²) in [6.07, 6.45) is 0. The fourth-order valence-electron chi connectivity index (χ4n) is 1.28. The molecule has 1 heterocycles. The predicted octanol–water partition coefficient (Wildman–Crippen LogP) is 1.78. The predicted molar refractivity (Wildman–Crippen MR) is 66.3 cm³/mol. The molecule has 0 bridgehead atoms. The number of hydrogen-bond donors (Lipinski definition) is 2. The van der Waals surface area contributed by atoms with Crippen molar-refractivity contribution in [1.82, 2.24) is 4.98 Å². The number of carboxylic acid groups (broad SMARTS) is 1. The quantitative estimate of drug-likeness (QED) is 0.897. The Bertz CT molecular complexity index is 727. The number of anilines is 1. The van der Waals surface area contributed by atoms with E-state index in [9.17, 15) is 17.6 Å². The van der Waals surface area contributed by atoms with E-state index in [1.165, 1.54) is 18.2 Å². The van der Waals surface area contributed by atoms with Crippen molar-refractivity contribution in [2.75, 3.05) is 4.72 Å². The highest BCUT2D eigenvalue weighted by Gasteiger charge is 2.18. The summed E-state index contributed by atoms with van der Waals surface area (Å²) in [6, 6.07) is 5.25. The van der Waals surface area contributed by atoms with Crippen LogP contribution in [-0.2, 0) is 10.0 Å². The lowest BCUT2D eigenvalue weighted by Crippen LogP contribution is -2.13. The Kier molecular flexibility index (Phi) is 3.49. The van der Waals surface area contributed by atoms with Gasteiger partial charge in [0, 0.05) is 11.1 Å². The number of sulfonamides is 1. The number of carbonyl (C=O) groups is 1. The lowest BCUT2D eigenvalue weighted by Gasteiger charge is -2.06. The van der Waals surface area contributed by atoms with Crippen LogP contribution in [0.15, 0.2) is 34.7 Å². The lowest BCUT2D eigenvalue weighted by atomic mass is 10.2. The van der Waals surface area contributed by atoms with Gasteiger partial charge < -0.3 is 5.11 Å². The Labute approximate surface area is 111 Å². The maximum Gasteiger partial charge on any atom is 0.335 e. The molecule has 2 rings (SSSR count). The Hall–Kier alpha value is -2.00. The van der Waals surface area contributed by atoms with Crippen molar-refractivity contribution in [3.05, 3.63) is 40.5 Å². The average Bonchev–Trinajstić information content (AvgIpc) is 2.76. The summed E-state index contributed by atoms with van der Waals surface area (Å²) < 4.78 is 38.5. The SMILES string of the molecule is O=C(O)c1cccc(NS(=O)(=O)c2csc(F)n2)c1. The normalized spacial score (nSPS) is 11.2. The minimum absolute atomic E-state index is 0.0632. The molecule has 0 amide bonds. The highest BCUT2D eigenvalue weighted by atomic mass is 32.2. The molecule has 2 aromatic rings. The summed E-state index contributed by atoms with van der Waals surface area (Å²) in [4.78, 5) is 14.0. The van der Waals surface area contributed by atoms with Gasteiger partial charge in [0.05, 0.1) is 5.56 Å². The number of halogens is 1. The molecule has 2 N–H and O–H groups in total. The van der Waals surface area contributed by atoms with Crippen LogP contribution in [0.25, 0.3) is 0 Å². The number of aromatic carboxylic acids is 1. The third-order valence-electron chi connectivity index (χ3n) is 2.09. The van der Waals surface area contributed by atoms with Crippen molar-refractivity contribution in [2.24, 2.45) is 0 Å². The van der Waals surface area contributed by atoms with E-state index < -0.39 is 26.3 Å². The number of carboxylic acids is 1. The van der Waals surface area contributed by atoms with Gasteiger partial charge in [-0.25, -0.2) is 4.79 Å². The van der Waals surface area contributed by atoms with Crippen molar-refractivity contribution in [3.63, 3.8) is 0 Å². The third kappa shape index (κ3) is 3.06. The molecule has 0 saturated heterocycles. The standard InChI is InChI=1S/C10H7FN2O4S2/c11-10-12-8(5-18-10)19(16,17)13-7-3-1-2-6(4-7)9(14)15/h1-5,13H,(H,14,15). The van der Waals surface area contributed by atoms with E-state index in [0.717, 1.165) is 11.4 Å². The first-order valence-corrected chi connectivity index (χ1v) is 7.22. The van der Waals surface area contributed by atoms with E-state index in [1.807, 2.05) is 0 Å². The number of nitrogens with zero attached hydrogens (tertiary/aromatic N) is 1. The molecular weight excluding hydrogens is 295 g/mol. The van der Waals surface area contributed by atoms with Gasteiger partial charge in [0.25, 0.3) is 15.3 Å². The molecule has 0 fully saturated rings. The van der Waals surface area contributed by atoms with Crippen LogP contribution < -0.4 is 4.72 Å². The molecule has 0 spiro atoms. The third-order valence-corrected chi connectivity index (χ3v) is 4.13. The van der Waals surface area contributed by atoms with Gasteiger partial charge in [-0.1, -0.05) is 17.4 Å². The molecule has 0 saturated carbocycles. The number of aromatic nitrogens is 1. The number of rotatable bonds is 4.